The molecular weight excluding hydrogens is 430 g/mol. The number of benzene rings is 1. The summed E-state index contributed by atoms with van der Waals surface area (Å²) in [6, 6.07) is 10.4. The number of nitrogens with zero attached hydrogens (tertiary/aromatic N) is 2. The number of piperidine rings is 1. The van der Waals surface area contributed by atoms with Crippen LogP contribution in [0.3, 0.4) is 0 Å². The van der Waals surface area contributed by atoms with Crippen LogP contribution in [0.5, 0.6) is 0 Å². The molecule has 1 aliphatic heterocycles. The van der Waals surface area contributed by atoms with E-state index in [2.05, 4.69) is 26.2 Å². The fourth-order valence-corrected chi connectivity index (χ4v) is 3.75. The van der Waals surface area contributed by atoms with E-state index in [4.69, 9.17) is 0 Å². The Hall–Kier alpha value is -2.06. The quantitative estimate of drug-likeness (QED) is 0.777. The van der Waals surface area contributed by atoms with Crippen LogP contribution in [0, 0.1) is 5.92 Å². The van der Waals surface area contributed by atoms with Gasteiger partial charge in [0.2, 0.25) is 5.91 Å². The topological polar surface area (TPSA) is 79.4 Å². The lowest BCUT2D eigenvalue weighted by atomic mass is 9.95. The molecule has 1 saturated heterocycles. The minimum atomic E-state index is -1.06. The Bertz CT molecular complexity index is 848. The molecule has 0 saturated carbocycles. The lowest BCUT2D eigenvalue weighted by molar-refractivity contribution is -0.121. The summed E-state index contributed by atoms with van der Waals surface area (Å²) in [5.74, 6) is 0.267. The average Bonchev–Trinajstić information content (AvgIpc) is 2.69. The number of pyridine rings is 1. The van der Waals surface area contributed by atoms with Crippen LogP contribution in [0.2, 0.25) is 0 Å². The smallest absolute Gasteiger partial charge is 0.253 e. The Labute approximate surface area is 168 Å². The Kier molecular flexibility index (Phi) is 6.38. The number of aromatic nitrogens is 1. The monoisotopic (exact) mass is 449 g/mol. The molecule has 1 aliphatic rings. The molecule has 0 aliphatic carbocycles. The zero-order chi connectivity index (χ0) is 19.4. The molecule has 2 heterocycles. The van der Waals surface area contributed by atoms with Crippen molar-refractivity contribution in [3.05, 3.63) is 52.6 Å². The largest absolute Gasteiger partial charge is 0.339 e. The molecule has 1 unspecified atom stereocenters. The van der Waals surface area contributed by atoms with Crippen molar-refractivity contribution in [3.63, 3.8) is 0 Å². The number of rotatable bonds is 4. The molecule has 8 heteroatoms. The van der Waals surface area contributed by atoms with Crippen LogP contribution in [0.15, 0.2) is 52.0 Å². The molecule has 1 atom stereocenters. The SMILES string of the molecule is CS(=O)c1ccc(C(=O)N2CCC(C(=O)Nc3ccc(Br)cn3)CC2)cc1. The summed E-state index contributed by atoms with van der Waals surface area (Å²) in [6.07, 6.45) is 4.48. The zero-order valence-corrected chi connectivity index (χ0v) is 17.3. The first-order valence-electron chi connectivity index (χ1n) is 8.59. The molecule has 2 aromatic rings. The van der Waals surface area contributed by atoms with Crippen LogP contribution in [0.25, 0.3) is 0 Å². The van der Waals surface area contributed by atoms with E-state index in [1.807, 2.05) is 6.07 Å². The Morgan fingerprint density at radius 1 is 1.15 bits per heavy atom. The lowest BCUT2D eigenvalue weighted by Gasteiger charge is -2.31. The summed E-state index contributed by atoms with van der Waals surface area (Å²) >= 11 is 3.31. The van der Waals surface area contributed by atoms with Crippen LogP contribution in [-0.2, 0) is 15.6 Å². The number of halogens is 1. The number of anilines is 1. The molecule has 1 aromatic carbocycles. The second-order valence-electron chi connectivity index (χ2n) is 6.40. The summed E-state index contributed by atoms with van der Waals surface area (Å²) in [4.78, 5) is 31.6. The average molecular weight is 450 g/mol. The lowest BCUT2D eigenvalue weighted by Crippen LogP contribution is -2.41. The number of carbonyl (C=O) groups is 2. The number of likely N-dealkylation sites (tertiary alicyclic amines) is 1. The highest BCUT2D eigenvalue weighted by atomic mass is 79.9. The predicted octanol–water partition coefficient (Wildman–Crippen LogP) is 3.07. The van der Waals surface area contributed by atoms with Crippen molar-refractivity contribution in [1.82, 2.24) is 9.88 Å². The van der Waals surface area contributed by atoms with Crippen molar-refractivity contribution in [2.45, 2.75) is 17.7 Å². The van der Waals surface area contributed by atoms with Gasteiger partial charge < -0.3 is 10.2 Å². The maximum Gasteiger partial charge on any atom is 0.253 e. The summed E-state index contributed by atoms with van der Waals surface area (Å²) < 4.78 is 12.3. The highest BCUT2D eigenvalue weighted by Gasteiger charge is 2.28. The third kappa shape index (κ3) is 5.01. The third-order valence-corrected chi connectivity index (χ3v) is 5.97. The van der Waals surface area contributed by atoms with Crippen LogP contribution < -0.4 is 5.32 Å². The summed E-state index contributed by atoms with van der Waals surface area (Å²) in [7, 11) is -1.06. The van der Waals surface area contributed by atoms with Crippen LogP contribution in [0.1, 0.15) is 23.2 Å². The van der Waals surface area contributed by atoms with Gasteiger partial charge in [0.05, 0.1) is 0 Å². The Morgan fingerprint density at radius 3 is 2.37 bits per heavy atom. The minimum absolute atomic E-state index is 0.0585. The van der Waals surface area contributed by atoms with Gasteiger partial charge in [-0.15, -0.1) is 0 Å². The van der Waals surface area contributed by atoms with Gasteiger partial charge in [-0.05, 0) is 65.2 Å². The van der Waals surface area contributed by atoms with Crippen molar-refractivity contribution in [3.8, 4) is 0 Å². The molecule has 0 radical (unpaired) electrons. The van der Waals surface area contributed by atoms with E-state index in [1.54, 1.807) is 47.7 Å². The predicted molar refractivity (Wildman–Crippen MR) is 108 cm³/mol. The Morgan fingerprint density at radius 2 is 1.81 bits per heavy atom. The van der Waals surface area contributed by atoms with Crippen molar-refractivity contribution >= 4 is 44.4 Å². The molecule has 1 fully saturated rings. The number of carbonyl (C=O) groups excluding carboxylic acids is 2. The van der Waals surface area contributed by atoms with E-state index < -0.39 is 10.8 Å². The van der Waals surface area contributed by atoms with E-state index in [0.717, 1.165) is 4.47 Å². The minimum Gasteiger partial charge on any atom is -0.339 e. The highest BCUT2D eigenvalue weighted by Crippen LogP contribution is 2.21. The van der Waals surface area contributed by atoms with Crippen molar-refractivity contribution in [1.29, 1.82) is 0 Å². The maximum absolute atomic E-state index is 12.6. The first-order valence-corrected chi connectivity index (χ1v) is 10.9. The first-order chi connectivity index (χ1) is 12.9. The van der Waals surface area contributed by atoms with Crippen molar-refractivity contribution < 1.29 is 13.8 Å². The standard InChI is InChI=1S/C19H20BrN3O3S/c1-27(26)16-5-2-14(3-6-16)19(25)23-10-8-13(9-11-23)18(24)22-17-7-4-15(20)12-21-17/h2-7,12-13H,8-11H2,1H3,(H,21,22,24). The summed E-state index contributed by atoms with van der Waals surface area (Å²) in [5.41, 5.74) is 0.575. The molecule has 1 aromatic heterocycles. The summed E-state index contributed by atoms with van der Waals surface area (Å²) in [6.45, 7) is 1.07. The maximum atomic E-state index is 12.6. The van der Waals surface area contributed by atoms with Gasteiger partial charge in [-0.1, -0.05) is 0 Å². The highest BCUT2D eigenvalue weighted by molar-refractivity contribution is 9.10. The first kappa shape index (κ1) is 19.7. The fourth-order valence-electron chi connectivity index (χ4n) is 2.99. The molecule has 6 nitrogen and oxygen atoms in total. The normalized spacial score (nSPS) is 16.0. The molecule has 142 valence electrons. The van der Waals surface area contributed by atoms with Gasteiger partial charge in [0.15, 0.2) is 0 Å². The van der Waals surface area contributed by atoms with Gasteiger partial charge in [-0.2, -0.15) is 0 Å². The van der Waals surface area contributed by atoms with Gasteiger partial charge in [0.25, 0.3) is 5.91 Å². The zero-order valence-electron chi connectivity index (χ0n) is 14.9. The summed E-state index contributed by atoms with van der Waals surface area (Å²) in [5, 5.41) is 2.83. The van der Waals surface area contributed by atoms with Crippen LogP contribution in [-0.4, -0.2) is 45.3 Å². The number of amides is 2. The number of hydrogen-bond acceptors (Lipinski definition) is 4. The molecular formula is C19H20BrN3O3S. The number of nitrogens with one attached hydrogen (secondary N) is 1. The van der Waals surface area contributed by atoms with Gasteiger partial charge in [-0.3, -0.25) is 13.8 Å². The van der Waals surface area contributed by atoms with E-state index in [-0.39, 0.29) is 17.7 Å². The van der Waals surface area contributed by atoms with E-state index in [9.17, 15) is 13.8 Å². The van der Waals surface area contributed by atoms with Crippen LogP contribution >= 0.6 is 15.9 Å². The molecule has 0 bridgehead atoms. The Balaban J connectivity index is 1.54. The molecule has 0 spiro atoms. The van der Waals surface area contributed by atoms with E-state index in [1.165, 1.54) is 0 Å². The number of hydrogen-bond donors (Lipinski definition) is 1. The van der Waals surface area contributed by atoms with Crippen LogP contribution in [0.4, 0.5) is 5.82 Å². The van der Waals surface area contributed by atoms with Gasteiger partial charge in [0.1, 0.15) is 5.82 Å². The van der Waals surface area contributed by atoms with Gasteiger partial charge in [0, 0.05) is 57.2 Å². The molecule has 27 heavy (non-hydrogen) atoms. The second kappa shape index (κ2) is 8.75. The molecule has 2 amide bonds. The van der Waals surface area contributed by atoms with Crippen molar-refractivity contribution in [2.24, 2.45) is 5.92 Å². The van der Waals surface area contributed by atoms with Crippen molar-refractivity contribution in [2.75, 3.05) is 24.7 Å². The fraction of sp³-hybridized carbons (Fsp3) is 0.316. The van der Waals surface area contributed by atoms with Gasteiger partial charge in [-0.25, -0.2) is 4.98 Å². The van der Waals surface area contributed by atoms with E-state index >= 15 is 0 Å². The second-order valence-corrected chi connectivity index (χ2v) is 8.69. The van der Waals surface area contributed by atoms with Gasteiger partial charge >= 0.3 is 0 Å². The molecule has 1 N–H and O–H groups in total. The molecule has 3 rings (SSSR count). The third-order valence-electron chi connectivity index (χ3n) is 4.56. The van der Waals surface area contributed by atoms with E-state index in [0.29, 0.717) is 42.2 Å².